The second kappa shape index (κ2) is 48.9. The summed E-state index contributed by atoms with van der Waals surface area (Å²) in [6.07, 6.45) is 60.8. The van der Waals surface area contributed by atoms with Crippen LogP contribution in [0.3, 0.4) is 0 Å². The fourth-order valence-electron chi connectivity index (χ4n) is 7.08. The van der Waals surface area contributed by atoms with E-state index in [2.05, 4.69) is 98.9 Å². The Kier molecular flexibility index (Phi) is 46.3. The Morgan fingerprint density at radius 2 is 0.806 bits per heavy atom. The van der Waals surface area contributed by atoms with E-state index in [1.165, 1.54) is 77.0 Å². The Bertz CT molecular complexity index is 1370. The fraction of sp³-hybridized carbons (Fsp3) is 0.707. The van der Waals surface area contributed by atoms with Crippen LogP contribution in [0.4, 0.5) is 0 Å². The molecule has 0 bridgehead atoms. The lowest BCUT2D eigenvalue weighted by Gasteiger charge is -2.25. The average molecular weight is 939 g/mol. The predicted molar refractivity (Wildman–Crippen MR) is 281 cm³/mol. The van der Waals surface area contributed by atoms with E-state index in [-0.39, 0.29) is 38.6 Å². The molecule has 9 nitrogen and oxygen atoms in total. The van der Waals surface area contributed by atoms with Gasteiger partial charge in [0.1, 0.15) is 13.2 Å². The van der Waals surface area contributed by atoms with Crippen LogP contribution in [-0.2, 0) is 33.3 Å². The van der Waals surface area contributed by atoms with Crippen molar-refractivity contribution in [1.82, 2.24) is 0 Å². The lowest BCUT2D eigenvalue weighted by atomic mass is 10.0. The standard InChI is InChI=1S/C58H99NO8/c1-6-8-10-12-14-16-18-20-22-23-24-25-26-27-28-29-30-31-32-33-35-37-39-41-43-45-47-49-56(61)67-54(53-66-58(57(62)63)64-51-50-59(3,4)5)52-65-55(60)48-46-44-42-40-38-36-34-21-19-17-15-13-11-9-7-2/h8-11,14-17,20-22,24-25,34,54,58H,6-7,12-13,18-19,23,26-33,35-53H2,1-5H3/p+1/b10-8-,11-9-,16-14-,17-15-,22-20-,25-24-,34-21-. The molecular formula is C58H100NO8+. The first-order valence-corrected chi connectivity index (χ1v) is 26.8. The van der Waals surface area contributed by atoms with Crippen molar-refractivity contribution in [2.75, 3.05) is 47.5 Å². The van der Waals surface area contributed by atoms with Gasteiger partial charge in [-0.15, -0.1) is 0 Å². The van der Waals surface area contributed by atoms with E-state index < -0.39 is 24.3 Å². The lowest BCUT2D eigenvalue weighted by molar-refractivity contribution is -0.870. The zero-order valence-electron chi connectivity index (χ0n) is 43.5. The predicted octanol–water partition coefficient (Wildman–Crippen LogP) is 15.2. The zero-order valence-corrected chi connectivity index (χ0v) is 43.5. The van der Waals surface area contributed by atoms with Gasteiger partial charge in [-0.1, -0.05) is 195 Å². The van der Waals surface area contributed by atoms with Crippen molar-refractivity contribution < 1.29 is 42.9 Å². The summed E-state index contributed by atoms with van der Waals surface area (Å²) in [5.41, 5.74) is 0. The number of likely N-dealkylation sites (N-methyl/N-ethyl adjacent to an activating group) is 1. The van der Waals surface area contributed by atoms with Gasteiger partial charge in [-0.05, 0) is 83.5 Å². The second-order valence-electron chi connectivity index (χ2n) is 18.8. The first-order chi connectivity index (χ1) is 32.6. The minimum atomic E-state index is -1.52. The fourth-order valence-corrected chi connectivity index (χ4v) is 7.08. The van der Waals surface area contributed by atoms with Crippen LogP contribution in [0, 0.1) is 0 Å². The minimum absolute atomic E-state index is 0.181. The normalized spacial score (nSPS) is 13.5. The number of carboxylic acids is 1. The van der Waals surface area contributed by atoms with E-state index in [0.29, 0.717) is 17.4 Å². The maximum Gasteiger partial charge on any atom is 0.361 e. The number of hydrogen-bond donors (Lipinski definition) is 1. The Balaban J connectivity index is 4.26. The molecule has 0 radical (unpaired) electrons. The summed E-state index contributed by atoms with van der Waals surface area (Å²) in [4.78, 5) is 37.3. The zero-order chi connectivity index (χ0) is 49.2. The van der Waals surface area contributed by atoms with Crippen molar-refractivity contribution in [3.05, 3.63) is 85.1 Å². The maximum absolute atomic E-state index is 12.8. The van der Waals surface area contributed by atoms with Gasteiger partial charge in [-0.25, -0.2) is 4.79 Å². The van der Waals surface area contributed by atoms with Crippen LogP contribution in [-0.4, -0.2) is 87.4 Å². The average Bonchev–Trinajstić information content (AvgIpc) is 3.29. The van der Waals surface area contributed by atoms with Gasteiger partial charge < -0.3 is 28.5 Å². The van der Waals surface area contributed by atoms with Crippen molar-refractivity contribution in [1.29, 1.82) is 0 Å². The van der Waals surface area contributed by atoms with Crippen molar-refractivity contribution in [3.8, 4) is 0 Å². The Labute approximate surface area is 410 Å². The van der Waals surface area contributed by atoms with E-state index in [0.717, 1.165) is 96.3 Å². The van der Waals surface area contributed by atoms with Crippen LogP contribution >= 0.6 is 0 Å². The molecule has 2 unspecified atom stereocenters. The second-order valence-corrected chi connectivity index (χ2v) is 18.8. The molecule has 1 N–H and O–H groups in total. The molecule has 2 atom stereocenters. The molecule has 0 aromatic rings. The number of rotatable bonds is 48. The minimum Gasteiger partial charge on any atom is -0.477 e. The Morgan fingerprint density at radius 3 is 1.19 bits per heavy atom. The highest BCUT2D eigenvalue weighted by atomic mass is 16.7. The van der Waals surface area contributed by atoms with E-state index in [1.54, 1.807) is 0 Å². The van der Waals surface area contributed by atoms with Gasteiger partial charge in [0.25, 0.3) is 6.29 Å². The van der Waals surface area contributed by atoms with E-state index in [4.69, 9.17) is 18.9 Å². The highest BCUT2D eigenvalue weighted by Gasteiger charge is 2.25. The third kappa shape index (κ3) is 50.2. The summed E-state index contributed by atoms with van der Waals surface area (Å²) in [5.74, 6) is -2.03. The Hall–Kier alpha value is -3.53. The molecule has 0 saturated carbocycles. The van der Waals surface area contributed by atoms with Gasteiger partial charge in [0.15, 0.2) is 6.10 Å². The molecule has 0 rings (SSSR count). The van der Waals surface area contributed by atoms with Gasteiger partial charge >= 0.3 is 17.9 Å². The number of carbonyl (C=O) groups excluding carboxylic acids is 2. The SMILES string of the molecule is CC/C=C\C/C=C\C/C=C\C/C=C\CCCCCCCCCCCCCCCCC(=O)OC(COC(=O)CCCCCCC/C=C\C/C=C\C/C=C\CC)COC(OCC[N+](C)(C)C)C(=O)O. The molecule has 0 aromatic heterocycles. The summed E-state index contributed by atoms with van der Waals surface area (Å²) >= 11 is 0. The van der Waals surface area contributed by atoms with Gasteiger partial charge in [0.2, 0.25) is 0 Å². The van der Waals surface area contributed by atoms with Gasteiger partial charge in [-0.3, -0.25) is 9.59 Å². The number of allylic oxidation sites excluding steroid dienone is 14. The summed E-state index contributed by atoms with van der Waals surface area (Å²) < 4.78 is 22.8. The number of carbonyl (C=O) groups is 3. The highest BCUT2D eigenvalue weighted by molar-refractivity contribution is 5.71. The molecule has 0 aliphatic carbocycles. The van der Waals surface area contributed by atoms with Crippen molar-refractivity contribution >= 4 is 17.9 Å². The summed E-state index contributed by atoms with van der Waals surface area (Å²) in [6, 6.07) is 0. The van der Waals surface area contributed by atoms with Crippen LogP contribution < -0.4 is 0 Å². The topological polar surface area (TPSA) is 108 Å². The van der Waals surface area contributed by atoms with Crippen molar-refractivity contribution in [2.24, 2.45) is 0 Å². The smallest absolute Gasteiger partial charge is 0.361 e. The van der Waals surface area contributed by atoms with Crippen LogP contribution in [0.25, 0.3) is 0 Å². The molecule has 0 fully saturated rings. The monoisotopic (exact) mass is 939 g/mol. The first kappa shape index (κ1) is 63.5. The van der Waals surface area contributed by atoms with E-state index in [9.17, 15) is 19.5 Å². The number of carboxylic acid groups (broad SMARTS) is 1. The number of nitrogens with zero attached hydrogens (tertiary/aromatic N) is 1. The molecule has 0 saturated heterocycles. The quantitative estimate of drug-likeness (QED) is 0.0211. The van der Waals surface area contributed by atoms with Gasteiger partial charge in [0.05, 0.1) is 34.4 Å². The van der Waals surface area contributed by atoms with Crippen LogP contribution in [0.2, 0.25) is 0 Å². The van der Waals surface area contributed by atoms with Gasteiger partial charge in [0, 0.05) is 12.8 Å². The molecular weight excluding hydrogens is 839 g/mol. The van der Waals surface area contributed by atoms with Crippen LogP contribution in [0.15, 0.2) is 85.1 Å². The summed E-state index contributed by atoms with van der Waals surface area (Å²) in [6.45, 7) is 4.63. The molecule has 0 aromatic carbocycles. The third-order valence-corrected chi connectivity index (χ3v) is 11.1. The third-order valence-electron chi connectivity index (χ3n) is 11.1. The summed E-state index contributed by atoms with van der Waals surface area (Å²) in [7, 11) is 5.95. The van der Waals surface area contributed by atoms with E-state index >= 15 is 0 Å². The Morgan fingerprint density at radius 1 is 0.448 bits per heavy atom. The van der Waals surface area contributed by atoms with Crippen LogP contribution in [0.5, 0.6) is 0 Å². The number of ether oxygens (including phenoxy) is 4. The summed E-state index contributed by atoms with van der Waals surface area (Å²) in [5, 5.41) is 9.68. The maximum atomic E-state index is 12.8. The number of quaternary nitrogens is 1. The molecule has 0 aliphatic heterocycles. The molecule has 0 heterocycles. The molecule has 0 aliphatic rings. The number of hydrogen-bond acceptors (Lipinski definition) is 7. The van der Waals surface area contributed by atoms with Crippen molar-refractivity contribution in [2.45, 2.75) is 219 Å². The van der Waals surface area contributed by atoms with Crippen molar-refractivity contribution in [3.63, 3.8) is 0 Å². The molecule has 9 heteroatoms. The highest BCUT2D eigenvalue weighted by Crippen LogP contribution is 2.15. The first-order valence-electron chi connectivity index (χ1n) is 26.8. The van der Waals surface area contributed by atoms with Crippen LogP contribution in [0.1, 0.15) is 206 Å². The molecule has 67 heavy (non-hydrogen) atoms. The lowest BCUT2D eigenvalue weighted by Crippen LogP contribution is -2.40. The number of unbranched alkanes of at least 4 members (excludes halogenated alkanes) is 19. The largest absolute Gasteiger partial charge is 0.477 e. The van der Waals surface area contributed by atoms with Gasteiger partial charge in [-0.2, -0.15) is 0 Å². The molecule has 384 valence electrons. The molecule has 0 amide bonds. The molecule has 0 spiro atoms. The van der Waals surface area contributed by atoms with E-state index in [1.807, 2.05) is 21.1 Å². The number of aliphatic carboxylic acids is 1. The number of esters is 2.